The zero-order valence-corrected chi connectivity index (χ0v) is 47.1. The van der Waals surface area contributed by atoms with E-state index in [1.165, 1.54) is 37.0 Å². The Bertz CT molecular complexity index is 1300. The van der Waals surface area contributed by atoms with Gasteiger partial charge in [-0.3, -0.25) is 33.7 Å². The van der Waals surface area contributed by atoms with Crippen molar-refractivity contribution in [2.24, 2.45) is 11.8 Å². The molecule has 1 heterocycles. The molecule has 0 aliphatic carbocycles. The number of ether oxygens (including phenoxy) is 7. The van der Waals surface area contributed by atoms with Gasteiger partial charge in [-0.25, -0.2) is 4.79 Å². The maximum Gasteiger partial charge on any atom is 0.410 e. The van der Waals surface area contributed by atoms with Crippen LogP contribution in [0.1, 0.15) is 240 Å². The minimum atomic E-state index is -0.658. The van der Waals surface area contributed by atoms with Crippen LogP contribution in [-0.2, 0) is 61.9 Å². The largest absolute Gasteiger partial charge is 0.465 e. The SMILES string of the molecule is CCCCCCCCC(=O)OCC(COC(=O)CCCCCCCC)CC(=O)OCCN(CCOC(=O)CC(COC(=O)CCCCCCCC)COC(=O)CCCCCCCC)C(=O)OCCN1CCCCC1. The number of piperidine rings is 1. The number of likely N-dealkylation sites (tertiary alicyclic amines) is 1. The van der Waals surface area contributed by atoms with Gasteiger partial charge in [0.05, 0.1) is 52.4 Å². The summed E-state index contributed by atoms with van der Waals surface area (Å²) in [6, 6.07) is 0. The molecule has 0 bridgehead atoms. The average molecular weight is 1050 g/mol. The van der Waals surface area contributed by atoms with E-state index in [9.17, 15) is 33.6 Å². The van der Waals surface area contributed by atoms with Crippen molar-refractivity contribution in [1.82, 2.24) is 9.80 Å². The van der Waals surface area contributed by atoms with Crippen molar-refractivity contribution in [2.45, 2.75) is 240 Å². The summed E-state index contributed by atoms with van der Waals surface area (Å²) in [6.07, 6.45) is 28.0. The first-order chi connectivity index (χ1) is 36.0. The number of hydrogen-bond donors (Lipinski definition) is 0. The third kappa shape index (κ3) is 41.3. The molecule has 74 heavy (non-hydrogen) atoms. The zero-order valence-electron chi connectivity index (χ0n) is 47.1. The summed E-state index contributed by atoms with van der Waals surface area (Å²) in [5.41, 5.74) is 0. The average Bonchev–Trinajstić information content (AvgIpc) is 3.39. The molecule has 16 heteroatoms. The minimum absolute atomic E-state index is 0.0667. The lowest BCUT2D eigenvalue weighted by molar-refractivity contribution is -0.155. The van der Waals surface area contributed by atoms with Gasteiger partial charge in [0.25, 0.3) is 0 Å². The van der Waals surface area contributed by atoms with Gasteiger partial charge in [0.2, 0.25) is 0 Å². The first-order valence-electron chi connectivity index (χ1n) is 29.6. The van der Waals surface area contributed by atoms with Gasteiger partial charge >= 0.3 is 41.9 Å². The molecule has 430 valence electrons. The van der Waals surface area contributed by atoms with E-state index in [1.807, 2.05) is 0 Å². The number of rotatable bonds is 49. The molecule has 0 radical (unpaired) electrons. The lowest BCUT2D eigenvalue weighted by Gasteiger charge is -2.27. The van der Waals surface area contributed by atoms with E-state index in [2.05, 4.69) is 32.6 Å². The molecular formula is C58H104N2O14. The number of carbonyl (C=O) groups excluding carboxylic acids is 7. The standard InChI is InChI=1S/C58H104N2O14/c1-5-9-13-17-21-26-32-52(61)71-46-50(47-72-53(62)33-27-22-18-14-10-6-2)44-56(65)68-42-39-60(58(67)70-41-38-59-36-30-25-31-37-59)40-43-69-57(66)45-51(48-73-54(63)34-28-23-19-15-11-7-3)49-74-55(64)35-29-24-20-16-12-8-4/h50-51H,5-49H2,1-4H3. The van der Waals surface area contributed by atoms with E-state index >= 15 is 0 Å². The molecule has 1 aliphatic rings. The molecule has 1 fully saturated rings. The molecule has 1 rings (SSSR count). The number of nitrogens with zero attached hydrogens (tertiary/aromatic N) is 2. The van der Waals surface area contributed by atoms with Crippen LogP contribution >= 0.6 is 0 Å². The number of esters is 6. The Balaban J connectivity index is 2.92. The second kappa shape index (κ2) is 48.7. The van der Waals surface area contributed by atoms with E-state index in [-0.39, 0.29) is 122 Å². The normalized spacial score (nSPS) is 12.6. The summed E-state index contributed by atoms with van der Waals surface area (Å²) >= 11 is 0. The number of hydrogen-bond acceptors (Lipinski definition) is 15. The maximum atomic E-state index is 13.5. The highest BCUT2D eigenvalue weighted by Crippen LogP contribution is 2.16. The molecule has 0 unspecified atom stereocenters. The van der Waals surface area contributed by atoms with Gasteiger partial charge in [-0.05, 0) is 51.6 Å². The fourth-order valence-electron chi connectivity index (χ4n) is 8.62. The van der Waals surface area contributed by atoms with Crippen molar-refractivity contribution < 1.29 is 66.7 Å². The molecule has 16 nitrogen and oxygen atoms in total. The first kappa shape index (κ1) is 68.1. The third-order valence-corrected chi connectivity index (χ3v) is 13.4. The molecule has 0 atom stereocenters. The molecule has 1 saturated heterocycles. The van der Waals surface area contributed by atoms with Crippen molar-refractivity contribution >= 4 is 41.9 Å². The summed E-state index contributed by atoms with van der Waals surface area (Å²) in [5.74, 6) is -3.97. The molecular weight excluding hydrogens is 949 g/mol. The molecule has 1 amide bonds. The fourth-order valence-corrected chi connectivity index (χ4v) is 8.62. The molecule has 0 aromatic carbocycles. The van der Waals surface area contributed by atoms with Crippen LogP contribution < -0.4 is 0 Å². The van der Waals surface area contributed by atoms with Crippen molar-refractivity contribution in [3.63, 3.8) is 0 Å². The first-order valence-corrected chi connectivity index (χ1v) is 29.6. The molecule has 0 aromatic heterocycles. The fraction of sp³-hybridized carbons (Fsp3) is 0.879. The topological polar surface area (TPSA) is 191 Å². The zero-order chi connectivity index (χ0) is 54.1. The van der Waals surface area contributed by atoms with E-state index in [1.54, 1.807) is 0 Å². The van der Waals surface area contributed by atoms with Crippen molar-refractivity contribution in [1.29, 1.82) is 0 Å². The molecule has 0 N–H and O–H groups in total. The molecule has 0 saturated carbocycles. The lowest BCUT2D eigenvalue weighted by atomic mass is 10.1. The predicted octanol–water partition coefficient (Wildman–Crippen LogP) is 12.2. The minimum Gasteiger partial charge on any atom is -0.465 e. The van der Waals surface area contributed by atoms with Gasteiger partial charge in [0.15, 0.2) is 0 Å². The van der Waals surface area contributed by atoms with Gasteiger partial charge in [0.1, 0.15) is 19.8 Å². The van der Waals surface area contributed by atoms with Gasteiger partial charge in [0, 0.05) is 44.1 Å². The predicted molar refractivity (Wildman–Crippen MR) is 287 cm³/mol. The summed E-state index contributed by atoms with van der Waals surface area (Å²) < 4.78 is 39.0. The monoisotopic (exact) mass is 1050 g/mol. The Morgan fingerprint density at radius 1 is 0.365 bits per heavy atom. The number of carbonyl (C=O) groups is 7. The van der Waals surface area contributed by atoms with Crippen LogP contribution in [-0.4, -0.2) is 131 Å². The van der Waals surface area contributed by atoms with Crippen LogP contribution in [0.5, 0.6) is 0 Å². The summed E-state index contributed by atoms with van der Waals surface area (Å²) in [6.45, 7) is 10.2. The number of unbranched alkanes of at least 4 members (excludes halogenated alkanes) is 20. The molecule has 0 aromatic rings. The van der Waals surface area contributed by atoms with Gasteiger partial charge < -0.3 is 38.1 Å². The Morgan fingerprint density at radius 2 is 0.676 bits per heavy atom. The van der Waals surface area contributed by atoms with Crippen LogP contribution in [0, 0.1) is 11.8 Å². The second-order valence-electron chi connectivity index (χ2n) is 20.4. The van der Waals surface area contributed by atoms with Gasteiger partial charge in [-0.1, -0.05) is 163 Å². The smallest absolute Gasteiger partial charge is 0.410 e. The van der Waals surface area contributed by atoms with E-state index in [0.717, 1.165) is 129 Å². The van der Waals surface area contributed by atoms with E-state index in [4.69, 9.17) is 33.2 Å². The third-order valence-electron chi connectivity index (χ3n) is 13.4. The van der Waals surface area contributed by atoms with Crippen LogP contribution in [0.25, 0.3) is 0 Å². The summed E-state index contributed by atoms with van der Waals surface area (Å²) in [7, 11) is 0. The van der Waals surface area contributed by atoms with Crippen LogP contribution in [0.15, 0.2) is 0 Å². The Labute approximate surface area is 447 Å². The quantitative estimate of drug-likeness (QED) is 0.0317. The molecule has 1 aliphatic heterocycles. The van der Waals surface area contributed by atoms with Gasteiger partial charge in [-0.2, -0.15) is 0 Å². The highest BCUT2D eigenvalue weighted by molar-refractivity contribution is 5.73. The van der Waals surface area contributed by atoms with Crippen LogP contribution in [0.4, 0.5) is 4.79 Å². The Hall–Kier alpha value is -3.95. The van der Waals surface area contributed by atoms with Crippen LogP contribution in [0.2, 0.25) is 0 Å². The van der Waals surface area contributed by atoms with Gasteiger partial charge in [-0.15, -0.1) is 0 Å². The second-order valence-corrected chi connectivity index (χ2v) is 20.4. The van der Waals surface area contributed by atoms with Crippen molar-refractivity contribution in [2.75, 3.05) is 79.0 Å². The lowest BCUT2D eigenvalue weighted by Crippen LogP contribution is -2.39. The van der Waals surface area contributed by atoms with Crippen molar-refractivity contribution in [3.05, 3.63) is 0 Å². The highest BCUT2D eigenvalue weighted by Gasteiger charge is 2.24. The summed E-state index contributed by atoms with van der Waals surface area (Å²) in [4.78, 5) is 94.1. The highest BCUT2D eigenvalue weighted by atomic mass is 16.6. The summed E-state index contributed by atoms with van der Waals surface area (Å²) in [5, 5.41) is 0. The van der Waals surface area contributed by atoms with Crippen molar-refractivity contribution in [3.8, 4) is 0 Å². The van der Waals surface area contributed by atoms with E-state index < -0.39 is 29.9 Å². The molecule has 0 spiro atoms. The number of amides is 1. The Kier molecular flexibility index (Phi) is 44.8. The Morgan fingerprint density at radius 3 is 1.00 bits per heavy atom. The van der Waals surface area contributed by atoms with E-state index in [0.29, 0.717) is 32.2 Å². The maximum absolute atomic E-state index is 13.5. The van der Waals surface area contributed by atoms with Crippen LogP contribution in [0.3, 0.4) is 0 Å².